The summed E-state index contributed by atoms with van der Waals surface area (Å²) >= 11 is 0. The SMILES string of the molecule is O=C(c1cc(F)c(F)cc1[N+](=O)[O-])C(F)F. The first-order valence-electron chi connectivity index (χ1n) is 3.80. The van der Waals surface area contributed by atoms with Crippen LogP contribution in [0.1, 0.15) is 10.4 Å². The van der Waals surface area contributed by atoms with Crippen LogP contribution in [0.2, 0.25) is 0 Å². The molecule has 86 valence electrons. The highest BCUT2D eigenvalue weighted by Gasteiger charge is 2.28. The number of hydrogen-bond acceptors (Lipinski definition) is 3. The third-order valence-electron chi connectivity index (χ3n) is 1.70. The molecule has 1 aromatic carbocycles. The third kappa shape index (κ3) is 2.15. The van der Waals surface area contributed by atoms with E-state index in [0.29, 0.717) is 0 Å². The van der Waals surface area contributed by atoms with Crippen molar-refractivity contribution in [2.24, 2.45) is 0 Å². The highest BCUT2D eigenvalue weighted by atomic mass is 19.3. The van der Waals surface area contributed by atoms with E-state index in [0.717, 1.165) is 0 Å². The Morgan fingerprint density at radius 1 is 1.25 bits per heavy atom. The summed E-state index contributed by atoms with van der Waals surface area (Å²) in [6.45, 7) is 0. The van der Waals surface area contributed by atoms with Gasteiger partial charge in [0.1, 0.15) is 5.56 Å². The lowest BCUT2D eigenvalue weighted by atomic mass is 10.1. The molecule has 0 N–H and O–H groups in total. The number of carbonyl (C=O) groups excluding carboxylic acids is 1. The van der Waals surface area contributed by atoms with Crippen LogP contribution in [0.4, 0.5) is 23.2 Å². The molecule has 0 aliphatic rings. The van der Waals surface area contributed by atoms with Crippen LogP contribution in [0.25, 0.3) is 0 Å². The molecular formula is C8H3F4NO3. The first kappa shape index (κ1) is 12.1. The number of hydrogen-bond donors (Lipinski definition) is 0. The van der Waals surface area contributed by atoms with Gasteiger partial charge < -0.3 is 0 Å². The molecule has 0 atom stereocenters. The van der Waals surface area contributed by atoms with E-state index in [-0.39, 0.29) is 12.1 Å². The number of ketones is 1. The lowest BCUT2D eigenvalue weighted by Crippen LogP contribution is -2.13. The van der Waals surface area contributed by atoms with Crippen molar-refractivity contribution in [1.29, 1.82) is 0 Å². The Kier molecular flexibility index (Phi) is 3.21. The van der Waals surface area contributed by atoms with Crippen LogP contribution >= 0.6 is 0 Å². The minimum absolute atomic E-state index is 0.0853. The van der Waals surface area contributed by atoms with Gasteiger partial charge in [-0.3, -0.25) is 14.9 Å². The van der Waals surface area contributed by atoms with Crippen molar-refractivity contribution in [1.82, 2.24) is 0 Å². The Labute approximate surface area is 85.6 Å². The fourth-order valence-corrected chi connectivity index (χ4v) is 1.00. The summed E-state index contributed by atoms with van der Waals surface area (Å²) in [6.07, 6.45) is -3.52. The van der Waals surface area contributed by atoms with Gasteiger partial charge in [0, 0.05) is 0 Å². The monoisotopic (exact) mass is 237 g/mol. The molecule has 0 spiro atoms. The van der Waals surface area contributed by atoms with Crippen LogP contribution in [-0.4, -0.2) is 17.1 Å². The number of Topliss-reactive ketones (excluding diaryl/α,β-unsaturated/α-hetero) is 1. The second-order valence-corrected chi connectivity index (χ2v) is 2.71. The molecule has 1 aromatic rings. The Morgan fingerprint density at radius 2 is 1.75 bits per heavy atom. The van der Waals surface area contributed by atoms with E-state index >= 15 is 0 Å². The van der Waals surface area contributed by atoms with Crippen LogP contribution < -0.4 is 0 Å². The summed E-state index contributed by atoms with van der Waals surface area (Å²) in [5.74, 6) is -5.11. The standard InChI is InChI=1S/C8H3F4NO3/c9-4-1-3(7(14)8(11)12)6(13(15)16)2-5(4)10/h1-2,8H. The van der Waals surface area contributed by atoms with Crippen LogP contribution in [0.15, 0.2) is 12.1 Å². The van der Waals surface area contributed by atoms with Gasteiger partial charge in [0.15, 0.2) is 11.6 Å². The minimum atomic E-state index is -3.52. The number of halogens is 4. The van der Waals surface area contributed by atoms with Gasteiger partial charge >= 0.3 is 6.43 Å². The second-order valence-electron chi connectivity index (χ2n) is 2.71. The predicted octanol–water partition coefficient (Wildman–Crippen LogP) is 2.32. The van der Waals surface area contributed by atoms with Crippen LogP contribution in [0, 0.1) is 21.7 Å². The molecule has 1 rings (SSSR count). The molecule has 16 heavy (non-hydrogen) atoms. The van der Waals surface area contributed by atoms with Gasteiger partial charge in [0.05, 0.1) is 11.0 Å². The number of nitro benzene ring substituents is 1. The lowest BCUT2D eigenvalue weighted by molar-refractivity contribution is -0.385. The van der Waals surface area contributed by atoms with Crippen molar-refractivity contribution in [3.63, 3.8) is 0 Å². The zero-order valence-electron chi connectivity index (χ0n) is 7.42. The highest BCUT2D eigenvalue weighted by Crippen LogP contribution is 2.24. The molecule has 0 aliphatic carbocycles. The molecule has 0 heterocycles. The predicted molar refractivity (Wildman–Crippen MR) is 43.3 cm³/mol. The number of nitro groups is 1. The Bertz CT molecular complexity index is 461. The molecule has 0 aliphatic heterocycles. The van der Waals surface area contributed by atoms with Gasteiger partial charge in [-0.05, 0) is 6.07 Å². The zero-order chi connectivity index (χ0) is 12.5. The number of carbonyl (C=O) groups is 1. The molecule has 0 amide bonds. The number of alkyl halides is 2. The van der Waals surface area contributed by atoms with Gasteiger partial charge in [-0.2, -0.15) is 0 Å². The maximum atomic E-state index is 12.7. The Balaban J connectivity index is 3.42. The molecule has 8 heteroatoms. The molecule has 0 saturated heterocycles. The summed E-state index contributed by atoms with van der Waals surface area (Å²) in [7, 11) is 0. The van der Waals surface area contributed by atoms with Crippen molar-refractivity contribution < 1.29 is 27.3 Å². The molecule has 0 bridgehead atoms. The number of nitrogens with zero attached hydrogens (tertiary/aromatic N) is 1. The highest BCUT2D eigenvalue weighted by molar-refractivity contribution is 6.01. The Morgan fingerprint density at radius 3 is 2.19 bits per heavy atom. The molecule has 0 aromatic heterocycles. The van der Waals surface area contributed by atoms with Crippen molar-refractivity contribution >= 4 is 11.5 Å². The van der Waals surface area contributed by atoms with E-state index in [4.69, 9.17) is 0 Å². The fraction of sp³-hybridized carbons (Fsp3) is 0.125. The van der Waals surface area contributed by atoms with Crippen molar-refractivity contribution in [3.8, 4) is 0 Å². The van der Waals surface area contributed by atoms with Crippen molar-refractivity contribution in [2.75, 3.05) is 0 Å². The summed E-state index contributed by atoms with van der Waals surface area (Å²) in [6, 6.07) is 0.174. The largest absolute Gasteiger partial charge is 0.300 e. The molecule has 0 fully saturated rings. The maximum Gasteiger partial charge on any atom is 0.300 e. The van der Waals surface area contributed by atoms with E-state index in [1.165, 1.54) is 0 Å². The maximum absolute atomic E-state index is 12.7. The summed E-state index contributed by atoms with van der Waals surface area (Å²) in [4.78, 5) is 19.9. The molecule has 0 saturated carbocycles. The zero-order valence-corrected chi connectivity index (χ0v) is 7.42. The van der Waals surface area contributed by atoms with Crippen LogP contribution in [0.5, 0.6) is 0 Å². The Hall–Kier alpha value is -1.99. The van der Waals surface area contributed by atoms with E-state index in [9.17, 15) is 32.5 Å². The van der Waals surface area contributed by atoms with Crippen LogP contribution in [-0.2, 0) is 0 Å². The summed E-state index contributed by atoms with van der Waals surface area (Å²) in [5.41, 5.74) is -2.34. The van der Waals surface area contributed by atoms with E-state index in [2.05, 4.69) is 0 Å². The first-order chi connectivity index (χ1) is 7.34. The van der Waals surface area contributed by atoms with Crippen molar-refractivity contribution in [2.45, 2.75) is 6.43 Å². The summed E-state index contributed by atoms with van der Waals surface area (Å²) < 4.78 is 49.3. The van der Waals surface area contributed by atoms with Gasteiger partial charge in [-0.1, -0.05) is 0 Å². The molecule has 0 radical (unpaired) electrons. The normalized spacial score (nSPS) is 10.6. The average Bonchev–Trinajstić information content (AvgIpc) is 2.19. The second kappa shape index (κ2) is 4.25. The smallest absolute Gasteiger partial charge is 0.287 e. The number of rotatable bonds is 3. The van der Waals surface area contributed by atoms with Gasteiger partial charge in [-0.25, -0.2) is 17.6 Å². The average molecular weight is 237 g/mol. The van der Waals surface area contributed by atoms with Crippen LogP contribution in [0.3, 0.4) is 0 Å². The quantitative estimate of drug-likeness (QED) is 0.351. The van der Waals surface area contributed by atoms with Crippen molar-refractivity contribution in [3.05, 3.63) is 39.4 Å². The minimum Gasteiger partial charge on any atom is -0.287 e. The lowest BCUT2D eigenvalue weighted by Gasteiger charge is -2.02. The van der Waals surface area contributed by atoms with Gasteiger partial charge in [0.2, 0.25) is 5.78 Å². The third-order valence-corrected chi connectivity index (χ3v) is 1.70. The van der Waals surface area contributed by atoms with E-state index < -0.39 is 40.0 Å². The molecule has 0 unspecified atom stereocenters. The van der Waals surface area contributed by atoms with E-state index in [1.54, 1.807) is 0 Å². The number of benzene rings is 1. The van der Waals surface area contributed by atoms with Gasteiger partial charge in [0.25, 0.3) is 5.69 Å². The first-order valence-corrected chi connectivity index (χ1v) is 3.80. The fourth-order valence-electron chi connectivity index (χ4n) is 1.00. The molecule has 4 nitrogen and oxygen atoms in total. The molecular weight excluding hydrogens is 234 g/mol. The van der Waals surface area contributed by atoms with Gasteiger partial charge in [-0.15, -0.1) is 0 Å². The summed E-state index contributed by atoms with van der Waals surface area (Å²) in [5, 5.41) is 10.3. The van der Waals surface area contributed by atoms with E-state index in [1.807, 2.05) is 0 Å². The topological polar surface area (TPSA) is 60.2 Å².